The molecule has 1 fully saturated rings. The molecule has 1 aromatic heterocycles. The van der Waals surface area contributed by atoms with E-state index in [-0.39, 0.29) is 0 Å². The molecule has 2 rings (SSSR count). The zero-order chi connectivity index (χ0) is 15.3. The summed E-state index contributed by atoms with van der Waals surface area (Å²) in [5.74, 6) is 7.55. The van der Waals surface area contributed by atoms with Crippen LogP contribution in [0.3, 0.4) is 0 Å². The van der Waals surface area contributed by atoms with Gasteiger partial charge in [-0.3, -0.25) is 0 Å². The van der Waals surface area contributed by atoms with Crippen molar-refractivity contribution >= 4 is 11.6 Å². The molecule has 0 aliphatic heterocycles. The third kappa shape index (κ3) is 4.82. The molecule has 0 bridgehead atoms. The van der Waals surface area contributed by atoms with Crippen LogP contribution in [0.15, 0.2) is 6.07 Å². The molecule has 6 nitrogen and oxygen atoms in total. The Kier molecular flexibility index (Phi) is 5.36. The molecule has 0 spiro atoms. The van der Waals surface area contributed by atoms with Crippen LogP contribution >= 0.6 is 0 Å². The number of rotatable bonds is 6. The maximum atomic E-state index is 5.48. The molecule has 21 heavy (non-hydrogen) atoms. The van der Waals surface area contributed by atoms with Crippen molar-refractivity contribution < 1.29 is 4.74 Å². The van der Waals surface area contributed by atoms with E-state index in [1.54, 1.807) is 0 Å². The lowest BCUT2D eigenvalue weighted by molar-refractivity contribution is 0.128. The first kappa shape index (κ1) is 16.0. The largest absolute Gasteiger partial charge is 0.374 e. The van der Waals surface area contributed by atoms with E-state index in [0.717, 1.165) is 12.2 Å². The second-order valence-corrected chi connectivity index (χ2v) is 6.44. The van der Waals surface area contributed by atoms with Gasteiger partial charge in [0.15, 0.2) is 5.82 Å². The van der Waals surface area contributed by atoms with E-state index in [2.05, 4.69) is 34.6 Å². The average Bonchev–Trinajstić information content (AvgIpc) is 2.43. The molecule has 6 heteroatoms. The molecule has 0 amide bonds. The first-order chi connectivity index (χ1) is 10.0. The van der Waals surface area contributed by atoms with E-state index in [1.807, 2.05) is 13.0 Å². The highest BCUT2D eigenvalue weighted by Crippen LogP contribution is 2.36. The molecular weight excluding hydrogens is 266 g/mol. The summed E-state index contributed by atoms with van der Waals surface area (Å²) < 4.78 is 5.38. The molecule has 1 atom stereocenters. The number of nitrogens with one attached hydrogen (secondary N) is 2. The molecule has 4 N–H and O–H groups in total. The lowest BCUT2D eigenvalue weighted by atomic mass is 9.75. The standard InChI is InChI=1S/C15H27N5O/c1-4-21-10-14-18-12(8-13(19-14)20-16)17-11-6-5-7-15(2,3)9-11/h8,11H,4-7,9-10,16H2,1-3H3,(H2,17,18,19,20). The fraction of sp³-hybridized carbons (Fsp3) is 0.733. The van der Waals surface area contributed by atoms with Gasteiger partial charge in [-0.25, -0.2) is 15.8 Å². The van der Waals surface area contributed by atoms with Crippen molar-refractivity contribution in [3.63, 3.8) is 0 Å². The summed E-state index contributed by atoms with van der Waals surface area (Å²) in [4.78, 5) is 8.82. The van der Waals surface area contributed by atoms with Gasteiger partial charge < -0.3 is 15.5 Å². The van der Waals surface area contributed by atoms with Crippen molar-refractivity contribution in [2.75, 3.05) is 17.3 Å². The second kappa shape index (κ2) is 7.04. The molecule has 1 unspecified atom stereocenters. The summed E-state index contributed by atoms with van der Waals surface area (Å²) in [6.45, 7) is 7.65. The first-order valence-electron chi connectivity index (χ1n) is 7.71. The SMILES string of the molecule is CCOCc1nc(NN)cc(NC2CCCC(C)(C)C2)n1. The number of hydrogen-bond acceptors (Lipinski definition) is 6. The number of nitrogens with zero attached hydrogens (tertiary/aromatic N) is 2. The van der Waals surface area contributed by atoms with Crippen molar-refractivity contribution in [2.45, 2.75) is 59.1 Å². The molecule has 0 aromatic carbocycles. The smallest absolute Gasteiger partial charge is 0.158 e. The Labute approximate surface area is 126 Å². The van der Waals surface area contributed by atoms with Crippen molar-refractivity contribution in [1.29, 1.82) is 0 Å². The Balaban J connectivity index is 2.07. The van der Waals surface area contributed by atoms with Crippen molar-refractivity contribution in [2.24, 2.45) is 11.3 Å². The van der Waals surface area contributed by atoms with Gasteiger partial charge in [0.25, 0.3) is 0 Å². The van der Waals surface area contributed by atoms with Crippen LogP contribution in [0, 0.1) is 5.41 Å². The minimum absolute atomic E-state index is 0.395. The van der Waals surface area contributed by atoms with Crippen LogP contribution in [0.5, 0.6) is 0 Å². The van der Waals surface area contributed by atoms with Crippen molar-refractivity contribution in [1.82, 2.24) is 9.97 Å². The summed E-state index contributed by atoms with van der Waals surface area (Å²) in [6.07, 6.45) is 4.88. The monoisotopic (exact) mass is 293 g/mol. The van der Waals surface area contributed by atoms with Gasteiger partial charge in [-0.15, -0.1) is 0 Å². The van der Waals surface area contributed by atoms with E-state index < -0.39 is 0 Å². The second-order valence-electron chi connectivity index (χ2n) is 6.44. The molecule has 1 heterocycles. The van der Waals surface area contributed by atoms with E-state index in [1.165, 1.54) is 19.3 Å². The van der Waals surface area contributed by atoms with Crippen LogP contribution in [0.4, 0.5) is 11.6 Å². The van der Waals surface area contributed by atoms with E-state index in [9.17, 15) is 0 Å². The maximum Gasteiger partial charge on any atom is 0.158 e. The highest BCUT2D eigenvalue weighted by atomic mass is 16.5. The molecule has 1 aliphatic rings. The predicted molar refractivity (Wildman–Crippen MR) is 84.8 cm³/mol. The van der Waals surface area contributed by atoms with Crippen LogP contribution in [0.2, 0.25) is 0 Å². The molecule has 1 aliphatic carbocycles. The fourth-order valence-corrected chi connectivity index (χ4v) is 2.93. The number of hydrazine groups is 1. The molecule has 118 valence electrons. The van der Waals surface area contributed by atoms with Crippen LogP contribution < -0.4 is 16.6 Å². The third-order valence-corrected chi connectivity index (χ3v) is 3.91. The lowest BCUT2D eigenvalue weighted by Gasteiger charge is -2.35. The molecule has 1 saturated carbocycles. The van der Waals surface area contributed by atoms with E-state index >= 15 is 0 Å². The van der Waals surface area contributed by atoms with Crippen LogP contribution in [0.1, 0.15) is 52.3 Å². The number of anilines is 2. The van der Waals surface area contributed by atoms with Gasteiger partial charge in [-0.2, -0.15) is 0 Å². The van der Waals surface area contributed by atoms with Crippen LogP contribution in [-0.2, 0) is 11.3 Å². The Bertz CT molecular complexity index is 463. The summed E-state index contributed by atoms with van der Waals surface area (Å²) in [5, 5.41) is 3.53. The minimum Gasteiger partial charge on any atom is -0.374 e. The van der Waals surface area contributed by atoms with Gasteiger partial charge in [-0.1, -0.05) is 20.3 Å². The minimum atomic E-state index is 0.395. The Morgan fingerprint density at radius 2 is 2.14 bits per heavy atom. The highest BCUT2D eigenvalue weighted by molar-refractivity contribution is 5.47. The van der Waals surface area contributed by atoms with Gasteiger partial charge in [-0.05, 0) is 31.6 Å². The summed E-state index contributed by atoms with van der Waals surface area (Å²) in [6, 6.07) is 2.30. The summed E-state index contributed by atoms with van der Waals surface area (Å²) >= 11 is 0. The molecule has 1 aromatic rings. The first-order valence-corrected chi connectivity index (χ1v) is 7.71. The zero-order valence-corrected chi connectivity index (χ0v) is 13.3. The zero-order valence-electron chi connectivity index (χ0n) is 13.3. The number of hydrogen-bond donors (Lipinski definition) is 3. The maximum absolute atomic E-state index is 5.48. The number of aromatic nitrogens is 2. The van der Waals surface area contributed by atoms with E-state index in [4.69, 9.17) is 10.6 Å². The fourth-order valence-electron chi connectivity index (χ4n) is 2.93. The third-order valence-electron chi connectivity index (χ3n) is 3.91. The highest BCUT2D eigenvalue weighted by Gasteiger charge is 2.28. The van der Waals surface area contributed by atoms with Gasteiger partial charge in [0.1, 0.15) is 18.2 Å². The Hall–Kier alpha value is -1.40. The Morgan fingerprint density at radius 1 is 1.38 bits per heavy atom. The topological polar surface area (TPSA) is 85.1 Å². The number of ether oxygens (including phenoxy) is 1. The van der Waals surface area contributed by atoms with Crippen molar-refractivity contribution in [3.05, 3.63) is 11.9 Å². The predicted octanol–water partition coefficient (Wildman–Crippen LogP) is 2.68. The number of nitrogen functional groups attached to an aromatic ring is 1. The molecular formula is C15H27N5O. The van der Waals surface area contributed by atoms with Gasteiger partial charge in [0, 0.05) is 18.7 Å². The molecule has 0 saturated heterocycles. The van der Waals surface area contributed by atoms with Crippen LogP contribution in [-0.4, -0.2) is 22.6 Å². The van der Waals surface area contributed by atoms with E-state index in [0.29, 0.717) is 36.3 Å². The quantitative estimate of drug-likeness (QED) is 0.552. The lowest BCUT2D eigenvalue weighted by Crippen LogP contribution is -2.32. The van der Waals surface area contributed by atoms with Gasteiger partial charge in [0.05, 0.1) is 0 Å². The van der Waals surface area contributed by atoms with Gasteiger partial charge >= 0.3 is 0 Å². The van der Waals surface area contributed by atoms with Crippen molar-refractivity contribution in [3.8, 4) is 0 Å². The summed E-state index contributed by atoms with van der Waals surface area (Å²) in [5.41, 5.74) is 2.99. The average molecular weight is 293 g/mol. The van der Waals surface area contributed by atoms with Gasteiger partial charge in [0.2, 0.25) is 0 Å². The number of nitrogens with two attached hydrogens (primary N) is 1. The normalized spacial score (nSPS) is 21.0. The van der Waals surface area contributed by atoms with Crippen LogP contribution in [0.25, 0.3) is 0 Å². The summed E-state index contributed by atoms with van der Waals surface area (Å²) in [7, 11) is 0. The Morgan fingerprint density at radius 3 is 2.81 bits per heavy atom. The molecule has 0 radical (unpaired) electrons.